The average Bonchev–Trinajstić information content (AvgIpc) is 3.31. The fraction of sp³-hybridized carbons (Fsp3) is 0.333. The van der Waals surface area contributed by atoms with Gasteiger partial charge in [-0.3, -0.25) is 4.79 Å². The van der Waals surface area contributed by atoms with Gasteiger partial charge in [0.25, 0.3) is 0 Å². The molecule has 0 unspecified atom stereocenters. The molecule has 0 radical (unpaired) electrons. The number of aromatic nitrogens is 3. The Hall–Kier alpha value is -2.97. The van der Waals surface area contributed by atoms with Gasteiger partial charge >= 0.3 is 6.61 Å². The molecule has 0 aliphatic heterocycles. The zero-order valence-electron chi connectivity index (χ0n) is 17.1. The number of aryl methyl sites for hydroxylation is 1. The summed E-state index contributed by atoms with van der Waals surface area (Å²) in [5.74, 6) is 0.488. The number of nitriles is 1. The Labute approximate surface area is 191 Å². The zero-order chi connectivity index (χ0) is 22.7. The van der Waals surface area contributed by atoms with Crippen LogP contribution in [0.2, 0.25) is 0 Å². The summed E-state index contributed by atoms with van der Waals surface area (Å²) in [6.45, 7) is -2.88. The van der Waals surface area contributed by atoms with E-state index in [-0.39, 0.29) is 17.4 Å². The summed E-state index contributed by atoms with van der Waals surface area (Å²) >= 11 is 2.72. The van der Waals surface area contributed by atoms with Crippen molar-refractivity contribution >= 4 is 34.0 Å². The third-order valence-corrected chi connectivity index (χ3v) is 7.27. The third-order valence-electron chi connectivity index (χ3n) is 5.04. The number of ether oxygens (including phenoxy) is 1. The predicted octanol–water partition coefficient (Wildman–Crippen LogP) is 4.63. The van der Waals surface area contributed by atoms with Crippen LogP contribution in [0.15, 0.2) is 29.4 Å². The third kappa shape index (κ3) is 4.76. The summed E-state index contributed by atoms with van der Waals surface area (Å²) < 4.78 is 30.7. The molecule has 0 saturated heterocycles. The van der Waals surface area contributed by atoms with Gasteiger partial charge < -0.3 is 14.6 Å². The standard InChI is InChI=1S/C21H19F2N5O2S2/c1-28-18(12-6-8-13(9-7-12)30-20(22)23)26-27-21(28)31-11-17(29)25-19-15(10-24)14-4-2-3-5-16(14)32-19/h6-9,20H,2-5,11H2,1H3,(H,25,29). The lowest BCUT2D eigenvalue weighted by atomic mass is 9.96. The number of anilines is 1. The van der Waals surface area contributed by atoms with Gasteiger partial charge in [-0.15, -0.1) is 21.5 Å². The van der Waals surface area contributed by atoms with Crippen LogP contribution in [0.5, 0.6) is 5.75 Å². The maximum absolute atomic E-state index is 12.5. The molecule has 2 heterocycles. The molecule has 1 N–H and O–H groups in total. The van der Waals surface area contributed by atoms with Crippen molar-refractivity contribution in [3.05, 3.63) is 40.3 Å². The van der Waals surface area contributed by atoms with Crippen molar-refractivity contribution < 1.29 is 18.3 Å². The van der Waals surface area contributed by atoms with Gasteiger partial charge in [-0.1, -0.05) is 11.8 Å². The van der Waals surface area contributed by atoms with Crippen molar-refractivity contribution in [2.24, 2.45) is 7.05 Å². The van der Waals surface area contributed by atoms with E-state index in [9.17, 15) is 18.8 Å². The van der Waals surface area contributed by atoms with Gasteiger partial charge in [0.05, 0.1) is 11.3 Å². The molecular weight excluding hydrogens is 456 g/mol. The van der Waals surface area contributed by atoms with Gasteiger partial charge in [0.15, 0.2) is 11.0 Å². The normalized spacial score (nSPS) is 13.0. The van der Waals surface area contributed by atoms with Gasteiger partial charge in [0, 0.05) is 17.5 Å². The fourth-order valence-electron chi connectivity index (χ4n) is 3.54. The highest BCUT2D eigenvalue weighted by Crippen LogP contribution is 2.37. The Bertz CT molecular complexity index is 1170. The number of carbonyl (C=O) groups excluding carboxylic acids is 1. The number of alkyl halides is 2. The lowest BCUT2D eigenvalue weighted by Gasteiger charge is -2.09. The van der Waals surface area contributed by atoms with Gasteiger partial charge in [0.2, 0.25) is 5.91 Å². The first-order chi connectivity index (χ1) is 15.5. The fourth-order valence-corrected chi connectivity index (χ4v) is 5.51. The topological polar surface area (TPSA) is 92.8 Å². The first-order valence-electron chi connectivity index (χ1n) is 9.88. The minimum absolute atomic E-state index is 0.0594. The van der Waals surface area contributed by atoms with E-state index in [0.29, 0.717) is 27.1 Å². The molecule has 2 aromatic heterocycles. The van der Waals surface area contributed by atoms with Crippen molar-refractivity contribution in [2.45, 2.75) is 37.5 Å². The van der Waals surface area contributed by atoms with Crippen LogP contribution in [0, 0.1) is 11.3 Å². The Kier molecular flexibility index (Phi) is 6.72. The number of nitrogens with zero attached hydrogens (tertiary/aromatic N) is 4. The van der Waals surface area contributed by atoms with Crippen LogP contribution < -0.4 is 10.1 Å². The molecule has 7 nitrogen and oxygen atoms in total. The van der Waals surface area contributed by atoms with Gasteiger partial charge in [-0.2, -0.15) is 14.0 Å². The first kappa shape index (κ1) is 22.2. The number of thiophene rings is 1. The Morgan fingerprint density at radius 2 is 2.06 bits per heavy atom. The summed E-state index contributed by atoms with van der Waals surface area (Å²) in [6, 6.07) is 8.34. The smallest absolute Gasteiger partial charge is 0.387 e. The number of carbonyl (C=O) groups is 1. The van der Waals surface area contributed by atoms with Crippen LogP contribution in [-0.2, 0) is 24.7 Å². The van der Waals surface area contributed by atoms with Crippen molar-refractivity contribution in [1.29, 1.82) is 5.26 Å². The molecule has 0 spiro atoms. The average molecular weight is 476 g/mol. The van der Waals surface area contributed by atoms with Crippen LogP contribution >= 0.6 is 23.1 Å². The molecule has 3 aromatic rings. The minimum Gasteiger partial charge on any atom is -0.435 e. The largest absolute Gasteiger partial charge is 0.435 e. The molecule has 32 heavy (non-hydrogen) atoms. The molecule has 1 aromatic carbocycles. The first-order valence-corrected chi connectivity index (χ1v) is 11.7. The number of thioether (sulfide) groups is 1. The van der Waals surface area contributed by atoms with E-state index < -0.39 is 6.61 Å². The molecule has 0 saturated carbocycles. The van der Waals surface area contributed by atoms with Crippen molar-refractivity contribution in [3.8, 4) is 23.2 Å². The summed E-state index contributed by atoms with van der Waals surface area (Å²) in [5, 5.41) is 21.8. The van der Waals surface area contributed by atoms with Gasteiger partial charge in [-0.05, 0) is 55.5 Å². The van der Waals surface area contributed by atoms with Crippen molar-refractivity contribution in [3.63, 3.8) is 0 Å². The van der Waals surface area contributed by atoms with Crippen molar-refractivity contribution in [2.75, 3.05) is 11.1 Å². The second-order valence-corrected chi connectivity index (χ2v) is 9.18. The van der Waals surface area contributed by atoms with E-state index in [2.05, 4.69) is 26.3 Å². The SMILES string of the molecule is Cn1c(SCC(=O)Nc2sc3c(c2C#N)CCCC3)nnc1-c1ccc(OC(F)F)cc1. The Morgan fingerprint density at radius 3 is 2.78 bits per heavy atom. The highest BCUT2D eigenvalue weighted by atomic mass is 32.2. The van der Waals surface area contributed by atoms with E-state index in [0.717, 1.165) is 31.2 Å². The van der Waals surface area contributed by atoms with Crippen LogP contribution in [0.4, 0.5) is 13.8 Å². The maximum atomic E-state index is 12.5. The molecule has 1 aliphatic carbocycles. The molecule has 11 heteroatoms. The summed E-state index contributed by atoms with van der Waals surface area (Å²) in [7, 11) is 1.76. The molecule has 0 bridgehead atoms. The molecule has 4 rings (SSSR count). The molecule has 0 fully saturated rings. The molecular formula is C21H19F2N5O2S2. The molecule has 1 aliphatic rings. The summed E-state index contributed by atoms with van der Waals surface area (Å²) in [4.78, 5) is 13.7. The van der Waals surface area contributed by atoms with Crippen LogP contribution in [0.3, 0.4) is 0 Å². The number of amides is 1. The number of fused-ring (bicyclic) bond motifs is 1. The lowest BCUT2D eigenvalue weighted by Crippen LogP contribution is -2.14. The van der Waals surface area contributed by atoms with E-state index in [4.69, 9.17) is 0 Å². The predicted molar refractivity (Wildman–Crippen MR) is 118 cm³/mol. The second-order valence-electron chi connectivity index (χ2n) is 7.13. The quantitative estimate of drug-likeness (QED) is 0.501. The van der Waals surface area contributed by atoms with E-state index in [1.54, 1.807) is 23.7 Å². The Balaban J connectivity index is 1.40. The number of nitrogens with one attached hydrogen (secondary N) is 1. The van der Waals surface area contributed by atoms with Crippen molar-refractivity contribution in [1.82, 2.24) is 14.8 Å². The second kappa shape index (κ2) is 9.67. The number of halogens is 2. The molecule has 166 valence electrons. The van der Waals surface area contributed by atoms with Crippen LogP contribution in [0.25, 0.3) is 11.4 Å². The van der Waals surface area contributed by atoms with Crippen LogP contribution in [0.1, 0.15) is 28.8 Å². The molecule has 0 atom stereocenters. The van der Waals surface area contributed by atoms with E-state index >= 15 is 0 Å². The zero-order valence-corrected chi connectivity index (χ0v) is 18.7. The Morgan fingerprint density at radius 1 is 1.31 bits per heavy atom. The number of hydrogen-bond acceptors (Lipinski definition) is 7. The monoisotopic (exact) mass is 475 g/mol. The number of hydrogen-bond donors (Lipinski definition) is 1. The lowest BCUT2D eigenvalue weighted by molar-refractivity contribution is -0.113. The minimum atomic E-state index is -2.88. The number of benzene rings is 1. The van der Waals surface area contributed by atoms with Gasteiger partial charge in [-0.25, -0.2) is 0 Å². The maximum Gasteiger partial charge on any atom is 0.387 e. The highest BCUT2D eigenvalue weighted by molar-refractivity contribution is 7.99. The highest BCUT2D eigenvalue weighted by Gasteiger charge is 2.22. The van der Waals surface area contributed by atoms with E-state index in [1.165, 1.54) is 40.1 Å². The molecule has 1 amide bonds. The summed E-state index contributed by atoms with van der Waals surface area (Å²) in [5.41, 5.74) is 2.35. The van der Waals surface area contributed by atoms with E-state index in [1.807, 2.05) is 0 Å². The summed E-state index contributed by atoms with van der Waals surface area (Å²) in [6.07, 6.45) is 4.02. The van der Waals surface area contributed by atoms with Gasteiger partial charge in [0.1, 0.15) is 16.8 Å². The number of rotatable bonds is 7. The van der Waals surface area contributed by atoms with Crippen LogP contribution in [-0.4, -0.2) is 33.0 Å².